The first-order valence-electron chi connectivity index (χ1n) is 12.3. The molecule has 1 saturated heterocycles. The Morgan fingerprint density at radius 3 is 2.23 bits per heavy atom. The van der Waals surface area contributed by atoms with Crippen LogP contribution in [0, 0.1) is 0 Å². The molecule has 0 saturated carbocycles. The van der Waals surface area contributed by atoms with Crippen LogP contribution in [-0.4, -0.2) is 78.7 Å². The summed E-state index contributed by atoms with van der Waals surface area (Å²) in [7, 11) is 0. The first-order valence-corrected chi connectivity index (χ1v) is 12.3. The predicted octanol–water partition coefficient (Wildman–Crippen LogP) is -0.228. The lowest BCUT2D eigenvalue weighted by atomic mass is 9.97. The lowest BCUT2D eigenvalue weighted by Gasteiger charge is -2.43. The molecule has 0 radical (unpaired) electrons. The summed E-state index contributed by atoms with van der Waals surface area (Å²) in [6.45, 7) is 6.27. The zero-order chi connectivity index (χ0) is 29.8. The smallest absolute Gasteiger partial charge is 0.339 e. The molecule has 14 heteroatoms. The van der Waals surface area contributed by atoms with Gasteiger partial charge in [0.25, 0.3) is 0 Å². The van der Waals surface area contributed by atoms with Crippen LogP contribution in [0.25, 0.3) is 0 Å². The fourth-order valence-corrected chi connectivity index (χ4v) is 3.80. The number of amides is 1. The van der Waals surface area contributed by atoms with Crippen molar-refractivity contribution in [3.05, 3.63) is 42.0 Å². The van der Waals surface area contributed by atoms with E-state index in [0.29, 0.717) is 11.1 Å². The molecule has 1 aromatic carbocycles. The molecule has 1 aromatic rings. The third-order valence-electron chi connectivity index (χ3n) is 5.37. The summed E-state index contributed by atoms with van der Waals surface area (Å²) < 4.78 is 33.0. The highest BCUT2D eigenvalue weighted by molar-refractivity contribution is 5.77. The molecule has 0 unspecified atom stereocenters. The van der Waals surface area contributed by atoms with Gasteiger partial charge in [-0.15, -0.1) is 0 Å². The van der Waals surface area contributed by atoms with E-state index in [-0.39, 0.29) is 44.4 Å². The molecule has 220 valence electrons. The van der Waals surface area contributed by atoms with Crippen LogP contribution in [0.15, 0.2) is 30.9 Å². The Morgan fingerprint density at radius 2 is 1.65 bits per heavy atom. The minimum Gasteiger partial charge on any atom is -0.460 e. The normalized spacial score (nSPS) is 21.9. The largest absolute Gasteiger partial charge is 0.460 e. The van der Waals surface area contributed by atoms with Gasteiger partial charge in [0.15, 0.2) is 18.3 Å². The number of esters is 4. The molecule has 0 aliphatic carbocycles. The summed E-state index contributed by atoms with van der Waals surface area (Å²) in [5.41, 5.74) is 6.31. The van der Waals surface area contributed by atoms with Gasteiger partial charge >= 0.3 is 23.9 Å². The van der Waals surface area contributed by atoms with Crippen LogP contribution in [0.3, 0.4) is 0 Å². The van der Waals surface area contributed by atoms with Crippen molar-refractivity contribution in [1.82, 2.24) is 5.32 Å². The molecule has 0 spiro atoms. The fourth-order valence-electron chi connectivity index (χ4n) is 3.80. The quantitative estimate of drug-likeness (QED) is 0.161. The highest BCUT2D eigenvalue weighted by Crippen LogP contribution is 2.32. The van der Waals surface area contributed by atoms with E-state index < -0.39 is 54.6 Å². The van der Waals surface area contributed by atoms with Crippen molar-refractivity contribution in [3.8, 4) is 5.75 Å². The lowest BCUT2D eigenvalue weighted by Crippen LogP contribution is -2.64. The van der Waals surface area contributed by atoms with Crippen LogP contribution >= 0.6 is 0 Å². The van der Waals surface area contributed by atoms with E-state index in [4.69, 9.17) is 34.2 Å². The van der Waals surface area contributed by atoms with Crippen LogP contribution in [0.5, 0.6) is 5.75 Å². The number of aliphatic hydroxyl groups is 1. The van der Waals surface area contributed by atoms with Crippen LogP contribution in [0.1, 0.15) is 38.3 Å². The molecule has 2 rings (SSSR count). The number of carbonyl (C=O) groups excluding carboxylic acids is 5. The van der Waals surface area contributed by atoms with Crippen molar-refractivity contribution in [1.29, 1.82) is 0 Å². The molecule has 1 amide bonds. The SMILES string of the molecule is C=CCOC(=O)[C@H]1O[C@@H](Oc2ccc(CO)cc2CNC(=O)CCN)[C@H](OC(C)=O)[C@@H](OC(C)=O)[C@@H]1OC(C)=O. The third-order valence-corrected chi connectivity index (χ3v) is 5.37. The topological polar surface area (TPSA) is 199 Å². The van der Waals surface area contributed by atoms with Crippen molar-refractivity contribution in [2.75, 3.05) is 13.2 Å². The average molecular weight is 567 g/mol. The second-order valence-electron chi connectivity index (χ2n) is 8.60. The third kappa shape index (κ3) is 9.32. The van der Waals surface area contributed by atoms with E-state index >= 15 is 0 Å². The molecule has 1 aliphatic heterocycles. The van der Waals surface area contributed by atoms with Crippen molar-refractivity contribution in [2.24, 2.45) is 5.73 Å². The second kappa shape index (κ2) is 15.5. The Balaban J connectivity index is 2.55. The molecular weight excluding hydrogens is 532 g/mol. The predicted molar refractivity (Wildman–Crippen MR) is 135 cm³/mol. The van der Waals surface area contributed by atoms with Gasteiger partial charge in [0.1, 0.15) is 12.4 Å². The van der Waals surface area contributed by atoms with Gasteiger partial charge in [-0.1, -0.05) is 18.7 Å². The van der Waals surface area contributed by atoms with E-state index in [1.54, 1.807) is 6.07 Å². The summed E-state index contributed by atoms with van der Waals surface area (Å²) in [4.78, 5) is 60.9. The van der Waals surface area contributed by atoms with E-state index in [9.17, 15) is 29.1 Å². The van der Waals surface area contributed by atoms with Gasteiger partial charge in [-0.25, -0.2) is 4.79 Å². The zero-order valence-corrected chi connectivity index (χ0v) is 22.5. The van der Waals surface area contributed by atoms with Gasteiger partial charge in [-0.05, 0) is 17.7 Å². The number of hydrogen-bond donors (Lipinski definition) is 3. The van der Waals surface area contributed by atoms with Crippen molar-refractivity contribution >= 4 is 29.8 Å². The Kier molecular flexibility index (Phi) is 12.5. The maximum absolute atomic E-state index is 12.9. The summed E-state index contributed by atoms with van der Waals surface area (Å²) >= 11 is 0. The summed E-state index contributed by atoms with van der Waals surface area (Å²) in [6, 6.07) is 4.56. The fraction of sp³-hybridized carbons (Fsp3) is 0.500. The summed E-state index contributed by atoms with van der Waals surface area (Å²) in [5, 5.41) is 12.3. The molecule has 40 heavy (non-hydrogen) atoms. The van der Waals surface area contributed by atoms with Crippen molar-refractivity contribution < 1.29 is 57.5 Å². The lowest BCUT2D eigenvalue weighted by molar-refractivity contribution is -0.282. The van der Waals surface area contributed by atoms with E-state index in [2.05, 4.69) is 11.9 Å². The number of hydrogen-bond acceptors (Lipinski definition) is 13. The van der Waals surface area contributed by atoms with Gasteiger partial charge < -0.3 is 44.6 Å². The van der Waals surface area contributed by atoms with Crippen LogP contribution in [0.2, 0.25) is 0 Å². The minimum atomic E-state index is -1.67. The zero-order valence-electron chi connectivity index (χ0n) is 22.5. The Labute approximate surface area is 230 Å². The molecule has 4 N–H and O–H groups in total. The van der Waals surface area contributed by atoms with Crippen LogP contribution < -0.4 is 15.8 Å². The molecule has 0 aromatic heterocycles. The number of nitrogens with one attached hydrogen (secondary N) is 1. The Morgan fingerprint density at radius 1 is 1.02 bits per heavy atom. The van der Waals surface area contributed by atoms with E-state index in [0.717, 1.165) is 20.8 Å². The first-order chi connectivity index (χ1) is 19.0. The first kappa shape index (κ1) is 32.2. The molecule has 1 fully saturated rings. The number of nitrogens with two attached hydrogens (primary N) is 1. The maximum atomic E-state index is 12.9. The maximum Gasteiger partial charge on any atom is 0.339 e. The van der Waals surface area contributed by atoms with Gasteiger partial charge in [0.05, 0.1) is 6.61 Å². The standard InChI is InChI=1S/C26H34N2O12/c1-5-10-35-25(34)23-21(36-14(2)30)22(37-15(3)31)24(38-16(4)32)26(40-23)39-19-7-6-17(13-29)11-18(19)12-28-20(33)8-9-27/h5-7,11,21-24,26,29H,1,8-10,12-13,27H2,2-4H3,(H,28,33)/t21-,22-,23-,24+,26+/m0/s1. The van der Waals surface area contributed by atoms with Gasteiger partial charge in [-0.2, -0.15) is 0 Å². The molecule has 5 atom stereocenters. The number of ether oxygens (including phenoxy) is 6. The van der Waals surface area contributed by atoms with Gasteiger partial charge in [0.2, 0.25) is 18.3 Å². The number of aliphatic hydroxyl groups excluding tert-OH is 1. The molecule has 1 heterocycles. The minimum absolute atomic E-state index is 0.0405. The van der Waals surface area contributed by atoms with E-state index in [1.807, 2.05) is 0 Å². The van der Waals surface area contributed by atoms with Gasteiger partial charge in [0, 0.05) is 45.8 Å². The van der Waals surface area contributed by atoms with Crippen molar-refractivity contribution in [2.45, 2.75) is 71.0 Å². The highest BCUT2D eigenvalue weighted by atomic mass is 16.7. The van der Waals surface area contributed by atoms with Gasteiger partial charge in [-0.3, -0.25) is 19.2 Å². The number of benzene rings is 1. The van der Waals surface area contributed by atoms with Crippen LogP contribution in [0.4, 0.5) is 0 Å². The monoisotopic (exact) mass is 566 g/mol. The van der Waals surface area contributed by atoms with Crippen molar-refractivity contribution in [3.63, 3.8) is 0 Å². The highest BCUT2D eigenvalue weighted by Gasteiger charge is 2.56. The van der Waals surface area contributed by atoms with E-state index in [1.165, 1.54) is 18.2 Å². The molecule has 0 bridgehead atoms. The molecule has 1 aliphatic rings. The molecule has 14 nitrogen and oxygen atoms in total. The average Bonchev–Trinajstić information content (AvgIpc) is 2.89. The second-order valence-corrected chi connectivity index (χ2v) is 8.60. The number of rotatable bonds is 13. The Bertz CT molecular complexity index is 1090. The molecular formula is C26H34N2O12. The summed E-state index contributed by atoms with van der Waals surface area (Å²) in [5.74, 6) is -3.73. The summed E-state index contributed by atoms with van der Waals surface area (Å²) in [6.07, 6.45) is -6.54. The van der Waals surface area contributed by atoms with Crippen LogP contribution in [-0.2, 0) is 60.8 Å². The number of carbonyl (C=O) groups is 5. The Hall–Kier alpha value is -4.01.